The minimum absolute atomic E-state index is 0.00581. The highest BCUT2D eigenvalue weighted by Crippen LogP contribution is 2.36. The molecular formula is C17H24N2O2. The van der Waals surface area contributed by atoms with Crippen LogP contribution in [-0.4, -0.2) is 34.5 Å². The number of phenolic OH excluding ortho intramolecular Hbond substituents is 1. The number of aromatic hydroxyl groups is 1. The van der Waals surface area contributed by atoms with Crippen LogP contribution in [0.1, 0.15) is 44.7 Å². The number of carbonyl (C=O) groups excluding carboxylic acids is 1. The van der Waals surface area contributed by atoms with Crippen LogP contribution in [0.15, 0.2) is 24.3 Å². The molecule has 21 heavy (non-hydrogen) atoms. The molecule has 2 N–H and O–H groups in total. The van der Waals surface area contributed by atoms with Crippen LogP contribution in [0.2, 0.25) is 0 Å². The molecule has 4 heteroatoms. The Morgan fingerprint density at radius 1 is 1.48 bits per heavy atom. The van der Waals surface area contributed by atoms with Gasteiger partial charge in [-0.2, -0.15) is 0 Å². The molecule has 2 fully saturated rings. The quantitative estimate of drug-likeness (QED) is 0.895. The molecule has 0 aromatic heterocycles. The summed E-state index contributed by atoms with van der Waals surface area (Å²) in [5.74, 6) is 0.640. The summed E-state index contributed by atoms with van der Waals surface area (Å²) in [7, 11) is 0. The number of benzene rings is 1. The second-order valence-electron chi connectivity index (χ2n) is 6.28. The first-order valence-electron chi connectivity index (χ1n) is 7.95. The van der Waals surface area contributed by atoms with Crippen LogP contribution in [0.25, 0.3) is 0 Å². The van der Waals surface area contributed by atoms with Crippen molar-refractivity contribution in [1.29, 1.82) is 0 Å². The van der Waals surface area contributed by atoms with Gasteiger partial charge in [0, 0.05) is 18.6 Å². The Morgan fingerprint density at radius 2 is 2.29 bits per heavy atom. The molecule has 4 atom stereocenters. The van der Waals surface area contributed by atoms with Gasteiger partial charge in [-0.25, -0.2) is 0 Å². The molecule has 2 bridgehead atoms. The fraction of sp³-hybridized carbons (Fsp3) is 0.588. The van der Waals surface area contributed by atoms with E-state index in [1.807, 2.05) is 30.9 Å². The Balaban J connectivity index is 1.76. The lowest BCUT2D eigenvalue weighted by molar-refractivity contribution is -0.138. The van der Waals surface area contributed by atoms with Crippen molar-refractivity contribution >= 4 is 5.91 Å². The smallest absolute Gasteiger partial charge is 0.227 e. The van der Waals surface area contributed by atoms with E-state index in [0.717, 1.165) is 18.4 Å². The lowest BCUT2D eigenvalue weighted by Gasteiger charge is -2.33. The van der Waals surface area contributed by atoms with E-state index >= 15 is 0 Å². The minimum Gasteiger partial charge on any atom is -0.508 e. The number of nitrogens with zero attached hydrogens (tertiary/aromatic N) is 1. The first kappa shape index (κ1) is 14.4. The van der Waals surface area contributed by atoms with Crippen molar-refractivity contribution < 1.29 is 9.90 Å². The van der Waals surface area contributed by atoms with Gasteiger partial charge in [0.05, 0.1) is 12.0 Å². The number of fused-ring (bicyclic) bond motifs is 2. The number of hydrogen-bond donors (Lipinski definition) is 2. The number of amides is 1. The molecule has 1 aromatic rings. The Hall–Kier alpha value is -1.55. The third-order valence-electron chi connectivity index (χ3n) is 5.06. The van der Waals surface area contributed by atoms with E-state index in [9.17, 15) is 9.90 Å². The highest BCUT2D eigenvalue weighted by atomic mass is 16.3. The van der Waals surface area contributed by atoms with Gasteiger partial charge in [-0.3, -0.25) is 4.79 Å². The average molecular weight is 288 g/mol. The van der Waals surface area contributed by atoms with E-state index in [0.29, 0.717) is 18.6 Å². The van der Waals surface area contributed by atoms with Gasteiger partial charge in [0.25, 0.3) is 0 Å². The number of rotatable bonds is 4. The molecule has 2 aliphatic heterocycles. The second kappa shape index (κ2) is 5.68. The molecule has 2 aliphatic rings. The topological polar surface area (TPSA) is 52.6 Å². The SMILES string of the molecule is CCN(C(=O)C1CC2CCC1N2)C(C)c1cccc(O)c1. The number of phenols is 1. The van der Waals surface area contributed by atoms with E-state index in [1.54, 1.807) is 12.1 Å². The van der Waals surface area contributed by atoms with Crippen LogP contribution in [-0.2, 0) is 4.79 Å². The van der Waals surface area contributed by atoms with E-state index in [1.165, 1.54) is 6.42 Å². The summed E-state index contributed by atoms with van der Waals surface area (Å²) in [6.45, 7) is 4.76. The molecule has 0 radical (unpaired) electrons. The normalized spacial score (nSPS) is 28.6. The first-order chi connectivity index (χ1) is 10.1. The Bertz CT molecular complexity index is 531. The predicted octanol–water partition coefficient (Wildman–Crippen LogP) is 2.44. The van der Waals surface area contributed by atoms with Crippen molar-refractivity contribution in [3.63, 3.8) is 0 Å². The van der Waals surface area contributed by atoms with Gasteiger partial charge in [0.15, 0.2) is 0 Å². The third kappa shape index (κ3) is 2.64. The van der Waals surface area contributed by atoms with Crippen molar-refractivity contribution in [2.45, 2.75) is 51.2 Å². The summed E-state index contributed by atoms with van der Waals surface area (Å²) in [6.07, 6.45) is 3.31. The minimum atomic E-state index is -0.00581. The highest BCUT2D eigenvalue weighted by molar-refractivity contribution is 5.80. The van der Waals surface area contributed by atoms with E-state index < -0.39 is 0 Å². The van der Waals surface area contributed by atoms with Crippen LogP contribution in [0.4, 0.5) is 0 Å². The summed E-state index contributed by atoms with van der Waals surface area (Å²) in [5, 5.41) is 13.2. The van der Waals surface area contributed by atoms with Gasteiger partial charge in [0.1, 0.15) is 5.75 Å². The molecule has 2 saturated heterocycles. The van der Waals surface area contributed by atoms with Gasteiger partial charge >= 0.3 is 0 Å². The summed E-state index contributed by atoms with van der Waals surface area (Å²) < 4.78 is 0. The maximum Gasteiger partial charge on any atom is 0.227 e. The highest BCUT2D eigenvalue weighted by Gasteiger charge is 2.44. The monoisotopic (exact) mass is 288 g/mol. The zero-order valence-corrected chi connectivity index (χ0v) is 12.7. The van der Waals surface area contributed by atoms with Gasteiger partial charge < -0.3 is 15.3 Å². The Kier molecular flexibility index (Phi) is 3.89. The lowest BCUT2D eigenvalue weighted by Crippen LogP contribution is -2.42. The molecule has 2 heterocycles. The van der Waals surface area contributed by atoms with Gasteiger partial charge in [0.2, 0.25) is 5.91 Å². The largest absolute Gasteiger partial charge is 0.508 e. The van der Waals surface area contributed by atoms with Crippen molar-refractivity contribution in [1.82, 2.24) is 10.2 Å². The van der Waals surface area contributed by atoms with Gasteiger partial charge in [-0.05, 0) is 50.8 Å². The van der Waals surface area contributed by atoms with Crippen molar-refractivity contribution in [2.24, 2.45) is 5.92 Å². The Labute approximate surface area is 126 Å². The van der Waals surface area contributed by atoms with E-state index in [2.05, 4.69) is 5.32 Å². The maximum atomic E-state index is 12.9. The molecule has 114 valence electrons. The van der Waals surface area contributed by atoms with E-state index in [4.69, 9.17) is 0 Å². The molecule has 3 rings (SSSR count). The van der Waals surface area contributed by atoms with Crippen LogP contribution in [0.3, 0.4) is 0 Å². The molecular weight excluding hydrogens is 264 g/mol. The lowest BCUT2D eigenvalue weighted by atomic mass is 9.87. The average Bonchev–Trinajstić information content (AvgIpc) is 3.10. The Morgan fingerprint density at radius 3 is 2.86 bits per heavy atom. The predicted molar refractivity (Wildman–Crippen MR) is 82.0 cm³/mol. The van der Waals surface area contributed by atoms with E-state index in [-0.39, 0.29) is 23.6 Å². The summed E-state index contributed by atoms with van der Waals surface area (Å²) in [4.78, 5) is 14.8. The molecule has 4 nitrogen and oxygen atoms in total. The van der Waals surface area contributed by atoms with Crippen LogP contribution in [0.5, 0.6) is 5.75 Å². The number of hydrogen-bond acceptors (Lipinski definition) is 3. The molecule has 4 unspecified atom stereocenters. The van der Waals surface area contributed by atoms with Crippen LogP contribution in [0, 0.1) is 5.92 Å². The zero-order chi connectivity index (χ0) is 15.0. The number of carbonyl (C=O) groups is 1. The van der Waals surface area contributed by atoms with Gasteiger partial charge in [-0.1, -0.05) is 12.1 Å². The molecule has 0 aliphatic carbocycles. The van der Waals surface area contributed by atoms with Crippen LogP contribution >= 0.6 is 0 Å². The molecule has 1 aromatic carbocycles. The molecule has 1 amide bonds. The fourth-order valence-electron chi connectivity index (χ4n) is 3.90. The third-order valence-corrected chi connectivity index (χ3v) is 5.06. The van der Waals surface area contributed by atoms with Crippen LogP contribution < -0.4 is 5.32 Å². The first-order valence-corrected chi connectivity index (χ1v) is 7.95. The van der Waals surface area contributed by atoms with Crippen molar-refractivity contribution in [3.05, 3.63) is 29.8 Å². The zero-order valence-electron chi connectivity index (χ0n) is 12.7. The van der Waals surface area contributed by atoms with Gasteiger partial charge in [-0.15, -0.1) is 0 Å². The van der Waals surface area contributed by atoms with Crippen molar-refractivity contribution in [2.75, 3.05) is 6.54 Å². The molecule has 0 spiro atoms. The second-order valence-corrected chi connectivity index (χ2v) is 6.28. The standard InChI is InChI=1S/C17H24N2O2/c1-3-19(11(2)12-5-4-6-14(20)9-12)17(21)15-10-13-7-8-16(15)18-13/h4-6,9,11,13,15-16,18,20H,3,7-8,10H2,1-2H3. The summed E-state index contributed by atoms with van der Waals surface area (Å²) >= 11 is 0. The molecule has 0 saturated carbocycles. The fourth-order valence-corrected chi connectivity index (χ4v) is 3.90. The summed E-state index contributed by atoms with van der Waals surface area (Å²) in [5.41, 5.74) is 0.987. The summed E-state index contributed by atoms with van der Waals surface area (Å²) in [6, 6.07) is 8.12. The number of nitrogens with one attached hydrogen (secondary N) is 1. The maximum absolute atomic E-state index is 12.9. The van der Waals surface area contributed by atoms with Crippen molar-refractivity contribution in [3.8, 4) is 5.75 Å².